The molecule has 63 valence electrons. The van der Waals surface area contributed by atoms with Crippen molar-refractivity contribution in [2.45, 2.75) is 6.42 Å². The zero-order chi connectivity index (χ0) is 9.14. The molecule has 0 aliphatic heterocycles. The SMILES string of the molecule is O=[N+]([O-])C1=CC([N+](=O)[O-])=CC[CH]1. The number of allylic oxidation sites excluding steroid dienone is 3. The smallest absolute Gasteiger partial charge is 0.259 e. The van der Waals surface area contributed by atoms with E-state index in [1.54, 1.807) is 0 Å². The minimum absolute atomic E-state index is 0.218. The van der Waals surface area contributed by atoms with Gasteiger partial charge >= 0.3 is 0 Å². The maximum atomic E-state index is 10.2. The lowest BCUT2D eigenvalue weighted by molar-refractivity contribution is -0.433. The van der Waals surface area contributed by atoms with Crippen LogP contribution in [0.1, 0.15) is 6.42 Å². The summed E-state index contributed by atoms with van der Waals surface area (Å²) in [5.74, 6) is 0. The highest BCUT2D eigenvalue weighted by Gasteiger charge is 2.21. The molecule has 0 heterocycles. The van der Waals surface area contributed by atoms with E-state index in [4.69, 9.17) is 0 Å². The number of hydrogen-bond acceptors (Lipinski definition) is 4. The van der Waals surface area contributed by atoms with E-state index in [2.05, 4.69) is 0 Å². The highest BCUT2D eigenvalue weighted by atomic mass is 16.6. The van der Waals surface area contributed by atoms with Crippen molar-refractivity contribution in [3.63, 3.8) is 0 Å². The van der Waals surface area contributed by atoms with Gasteiger partial charge in [0.05, 0.1) is 22.3 Å². The van der Waals surface area contributed by atoms with Gasteiger partial charge in [-0.1, -0.05) is 0 Å². The van der Waals surface area contributed by atoms with Gasteiger partial charge in [-0.15, -0.1) is 0 Å². The van der Waals surface area contributed by atoms with Gasteiger partial charge < -0.3 is 0 Å². The molecule has 0 fully saturated rings. The monoisotopic (exact) mass is 169 g/mol. The Morgan fingerprint density at radius 3 is 2.25 bits per heavy atom. The molecule has 1 rings (SSSR count). The van der Waals surface area contributed by atoms with Gasteiger partial charge in [0, 0.05) is 0 Å². The van der Waals surface area contributed by atoms with Crippen molar-refractivity contribution >= 4 is 0 Å². The highest BCUT2D eigenvalue weighted by Crippen LogP contribution is 2.16. The van der Waals surface area contributed by atoms with E-state index in [0.717, 1.165) is 6.08 Å². The molecule has 1 aliphatic carbocycles. The van der Waals surface area contributed by atoms with Crippen molar-refractivity contribution in [2.75, 3.05) is 0 Å². The second-order valence-corrected chi connectivity index (χ2v) is 2.15. The lowest BCUT2D eigenvalue weighted by Crippen LogP contribution is -2.07. The Labute approximate surface area is 67.5 Å². The Kier molecular flexibility index (Phi) is 2.18. The molecule has 0 N–H and O–H groups in total. The Hall–Kier alpha value is -1.72. The third-order valence-electron chi connectivity index (χ3n) is 1.37. The van der Waals surface area contributed by atoms with E-state index in [1.165, 1.54) is 12.5 Å². The zero-order valence-corrected chi connectivity index (χ0v) is 5.97. The fourth-order valence-corrected chi connectivity index (χ4v) is 0.824. The van der Waals surface area contributed by atoms with Gasteiger partial charge in [-0.05, 0) is 12.5 Å². The van der Waals surface area contributed by atoms with Crippen LogP contribution in [0.5, 0.6) is 0 Å². The lowest BCUT2D eigenvalue weighted by atomic mass is 10.1. The van der Waals surface area contributed by atoms with Gasteiger partial charge in [0.25, 0.3) is 11.4 Å². The quantitative estimate of drug-likeness (QED) is 0.454. The summed E-state index contributed by atoms with van der Waals surface area (Å²) in [6.07, 6.45) is 3.84. The fourth-order valence-electron chi connectivity index (χ4n) is 0.824. The first-order valence-electron chi connectivity index (χ1n) is 3.15. The van der Waals surface area contributed by atoms with E-state index in [0.29, 0.717) is 0 Å². The third kappa shape index (κ3) is 1.66. The molecule has 0 atom stereocenters. The van der Waals surface area contributed by atoms with Crippen molar-refractivity contribution in [1.29, 1.82) is 0 Å². The van der Waals surface area contributed by atoms with Crippen LogP contribution >= 0.6 is 0 Å². The molecule has 0 spiro atoms. The molecule has 0 amide bonds. The molecule has 12 heavy (non-hydrogen) atoms. The van der Waals surface area contributed by atoms with Crippen LogP contribution in [0.2, 0.25) is 0 Å². The first kappa shape index (κ1) is 8.38. The van der Waals surface area contributed by atoms with Crippen LogP contribution in [-0.4, -0.2) is 9.85 Å². The molecule has 0 aromatic heterocycles. The van der Waals surface area contributed by atoms with Gasteiger partial charge in [-0.25, -0.2) is 0 Å². The zero-order valence-electron chi connectivity index (χ0n) is 5.97. The fraction of sp³-hybridized carbons (Fsp3) is 0.167. The molecule has 0 unspecified atom stereocenters. The summed E-state index contributed by atoms with van der Waals surface area (Å²) >= 11 is 0. The standard InChI is InChI=1S/C6H5N2O4/c9-7(10)5-2-1-3-6(4-5)8(11)12/h2-4H,1H2. The van der Waals surface area contributed by atoms with Gasteiger partial charge in [-0.3, -0.25) is 20.2 Å². The van der Waals surface area contributed by atoms with Gasteiger partial charge in [0.1, 0.15) is 0 Å². The predicted molar refractivity (Wildman–Crippen MR) is 39.1 cm³/mol. The van der Waals surface area contributed by atoms with Crippen molar-refractivity contribution in [3.05, 3.63) is 50.2 Å². The first-order valence-corrected chi connectivity index (χ1v) is 3.15. The summed E-state index contributed by atoms with van der Waals surface area (Å²) in [7, 11) is 0. The molecule has 0 aromatic rings. The van der Waals surface area contributed by atoms with Crippen molar-refractivity contribution in [3.8, 4) is 0 Å². The summed E-state index contributed by atoms with van der Waals surface area (Å²) in [6.45, 7) is 0. The minimum atomic E-state index is -0.642. The van der Waals surface area contributed by atoms with E-state index < -0.39 is 9.85 Å². The Balaban J connectivity index is 2.88. The molecule has 0 saturated carbocycles. The average molecular weight is 169 g/mol. The molecular weight excluding hydrogens is 164 g/mol. The number of nitro groups is 2. The van der Waals surface area contributed by atoms with Crippen molar-refractivity contribution in [2.24, 2.45) is 0 Å². The van der Waals surface area contributed by atoms with Crippen LogP contribution in [-0.2, 0) is 0 Å². The van der Waals surface area contributed by atoms with Crippen molar-refractivity contribution < 1.29 is 9.85 Å². The second kappa shape index (κ2) is 3.12. The van der Waals surface area contributed by atoms with Gasteiger partial charge in [0.2, 0.25) is 0 Å². The summed E-state index contributed by atoms with van der Waals surface area (Å²) in [5, 5.41) is 20.4. The Morgan fingerprint density at radius 1 is 1.17 bits per heavy atom. The van der Waals surface area contributed by atoms with E-state index in [1.807, 2.05) is 0 Å². The largest absolute Gasteiger partial charge is 0.272 e. The molecule has 0 aromatic carbocycles. The normalized spacial score (nSPS) is 16.3. The predicted octanol–water partition coefficient (Wildman–Crippen LogP) is 0.916. The molecule has 0 bridgehead atoms. The number of rotatable bonds is 2. The summed E-state index contributed by atoms with van der Waals surface area (Å²) in [6, 6.07) is 0. The third-order valence-corrected chi connectivity index (χ3v) is 1.37. The summed E-state index contributed by atoms with van der Waals surface area (Å²) in [5.41, 5.74) is -0.437. The molecule has 6 heteroatoms. The Morgan fingerprint density at radius 2 is 1.75 bits per heavy atom. The molecule has 1 aliphatic rings. The van der Waals surface area contributed by atoms with Crippen LogP contribution in [0, 0.1) is 26.6 Å². The van der Waals surface area contributed by atoms with Crippen LogP contribution in [0.4, 0.5) is 0 Å². The number of hydrogen-bond donors (Lipinski definition) is 0. The van der Waals surface area contributed by atoms with Gasteiger partial charge in [-0.2, -0.15) is 0 Å². The molecule has 1 radical (unpaired) electrons. The van der Waals surface area contributed by atoms with Crippen LogP contribution in [0.3, 0.4) is 0 Å². The second-order valence-electron chi connectivity index (χ2n) is 2.15. The maximum Gasteiger partial charge on any atom is 0.272 e. The highest BCUT2D eigenvalue weighted by molar-refractivity contribution is 5.25. The minimum Gasteiger partial charge on any atom is -0.259 e. The molecule has 6 nitrogen and oxygen atoms in total. The van der Waals surface area contributed by atoms with Crippen LogP contribution in [0.25, 0.3) is 0 Å². The first-order chi connectivity index (χ1) is 5.61. The number of nitrogens with zero attached hydrogens (tertiary/aromatic N) is 2. The summed E-state index contributed by atoms with van der Waals surface area (Å²) < 4.78 is 0. The average Bonchev–Trinajstić information content (AvgIpc) is 2.04. The van der Waals surface area contributed by atoms with Crippen LogP contribution in [0.15, 0.2) is 23.5 Å². The van der Waals surface area contributed by atoms with Crippen LogP contribution < -0.4 is 0 Å². The lowest BCUT2D eigenvalue weighted by Gasteiger charge is -2.00. The molecule has 0 saturated heterocycles. The van der Waals surface area contributed by atoms with Crippen molar-refractivity contribution in [1.82, 2.24) is 0 Å². The maximum absolute atomic E-state index is 10.2. The molecular formula is C6H5N2O4. The van der Waals surface area contributed by atoms with E-state index in [-0.39, 0.29) is 17.8 Å². The van der Waals surface area contributed by atoms with Gasteiger partial charge in [0.15, 0.2) is 0 Å². The Bertz CT molecular complexity index is 292. The topological polar surface area (TPSA) is 86.3 Å². The van der Waals surface area contributed by atoms with E-state index in [9.17, 15) is 20.2 Å². The van der Waals surface area contributed by atoms with E-state index >= 15 is 0 Å². The summed E-state index contributed by atoms with van der Waals surface area (Å²) in [4.78, 5) is 19.1.